The van der Waals surface area contributed by atoms with Gasteiger partial charge in [0.05, 0.1) is 0 Å². The van der Waals surface area contributed by atoms with Gasteiger partial charge in [-0.15, -0.1) is 0 Å². The van der Waals surface area contributed by atoms with Crippen molar-refractivity contribution in [2.45, 2.75) is 33.2 Å². The van der Waals surface area contributed by atoms with E-state index in [1.54, 1.807) is 0 Å². The lowest BCUT2D eigenvalue weighted by molar-refractivity contribution is 0.0955. The molecule has 3 heteroatoms. The van der Waals surface area contributed by atoms with Crippen molar-refractivity contribution in [2.75, 3.05) is 11.9 Å². The van der Waals surface area contributed by atoms with Crippen LogP contribution in [0.15, 0.2) is 18.2 Å². The molecular weight excluding hydrogens is 212 g/mol. The zero-order valence-electron chi connectivity index (χ0n) is 10.7. The molecule has 17 heavy (non-hydrogen) atoms. The summed E-state index contributed by atoms with van der Waals surface area (Å²) in [6, 6.07) is 6.41. The highest BCUT2D eigenvalue weighted by atomic mass is 16.1. The lowest BCUT2D eigenvalue weighted by Gasteiger charge is -2.30. The zero-order chi connectivity index (χ0) is 12.4. The molecule has 1 aliphatic rings. The van der Waals surface area contributed by atoms with Crippen LogP contribution in [0.4, 0.5) is 5.69 Å². The Morgan fingerprint density at radius 2 is 2.24 bits per heavy atom. The third kappa shape index (κ3) is 2.43. The van der Waals surface area contributed by atoms with Crippen LogP contribution in [-0.2, 0) is 6.42 Å². The summed E-state index contributed by atoms with van der Waals surface area (Å²) in [7, 11) is 0. The molecule has 0 aromatic heterocycles. The third-order valence-electron chi connectivity index (χ3n) is 3.48. The van der Waals surface area contributed by atoms with E-state index in [0.717, 1.165) is 12.0 Å². The van der Waals surface area contributed by atoms with E-state index in [-0.39, 0.29) is 5.91 Å². The van der Waals surface area contributed by atoms with Gasteiger partial charge < -0.3 is 10.6 Å². The minimum absolute atomic E-state index is 0.0153. The maximum atomic E-state index is 11.7. The average molecular weight is 232 g/mol. The van der Waals surface area contributed by atoms with Gasteiger partial charge in [-0.1, -0.05) is 6.92 Å². The first-order valence-electron chi connectivity index (χ1n) is 6.29. The van der Waals surface area contributed by atoms with Crippen molar-refractivity contribution < 1.29 is 4.79 Å². The quantitative estimate of drug-likeness (QED) is 0.822. The van der Waals surface area contributed by atoms with Crippen LogP contribution in [0.3, 0.4) is 0 Å². The Hall–Kier alpha value is -1.51. The minimum atomic E-state index is 0.0153. The number of benzene rings is 1. The van der Waals surface area contributed by atoms with Gasteiger partial charge in [0.1, 0.15) is 0 Å². The van der Waals surface area contributed by atoms with E-state index in [2.05, 4.69) is 24.5 Å². The maximum absolute atomic E-state index is 11.7. The molecule has 1 heterocycles. The van der Waals surface area contributed by atoms with Gasteiger partial charge in [0.2, 0.25) is 0 Å². The van der Waals surface area contributed by atoms with Gasteiger partial charge >= 0.3 is 0 Å². The Morgan fingerprint density at radius 1 is 1.47 bits per heavy atom. The molecule has 0 radical (unpaired) electrons. The van der Waals surface area contributed by atoms with Gasteiger partial charge in [-0.05, 0) is 49.9 Å². The van der Waals surface area contributed by atoms with E-state index in [0.29, 0.717) is 18.5 Å². The maximum Gasteiger partial charge on any atom is 0.251 e. The SMILES string of the molecule is CCNC(=O)c1ccc2c(c1)CC(C)C(C)N2. The Morgan fingerprint density at radius 3 is 2.94 bits per heavy atom. The third-order valence-corrected chi connectivity index (χ3v) is 3.48. The van der Waals surface area contributed by atoms with Crippen LogP contribution >= 0.6 is 0 Å². The van der Waals surface area contributed by atoms with Crippen molar-refractivity contribution in [2.24, 2.45) is 5.92 Å². The molecule has 0 saturated carbocycles. The van der Waals surface area contributed by atoms with Crippen LogP contribution in [-0.4, -0.2) is 18.5 Å². The first kappa shape index (κ1) is 12.0. The van der Waals surface area contributed by atoms with Crippen molar-refractivity contribution >= 4 is 11.6 Å². The lowest BCUT2D eigenvalue weighted by atomic mass is 9.89. The van der Waals surface area contributed by atoms with Gasteiger partial charge in [-0.25, -0.2) is 0 Å². The van der Waals surface area contributed by atoms with E-state index >= 15 is 0 Å². The largest absolute Gasteiger partial charge is 0.382 e. The molecule has 1 aromatic rings. The molecule has 1 aliphatic heterocycles. The number of fused-ring (bicyclic) bond motifs is 1. The fraction of sp³-hybridized carbons (Fsp3) is 0.500. The van der Waals surface area contributed by atoms with Gasteiger partial charge in [0.15, 0.2) is 0 Å². The molecule has 2 atom stereocenters. The van der Waals surface area contributed by atoms with Crippen LogP contribution in [0.2, 0.25) is 0 Å². The molecule has 2 rings (SSSR count). The molecule has 3 nitrogen and oxygen atoms in total. The lowest BCUT2D eigenvalue weighted by Crippen LogP contribution is -2.31. The molecule has 0 bridgehead atoms. The van der Waals surface area contributed by atoms with E-state index < -0.39 is 0 Å². The molecule has 0 fully saturated rings. The molecule has 1 aromatic carbocycles. The molecular formula is C14H20N2O. The van der Waals surface area contributed by atoms with Crippen LogP contribution in [0, 0.1) is 5.92 Å². The van der Waals surface area contributed by atoms with Gasteiger partial charge in [-0.2, -0.15) is 0 Å². The second kappa shape index (κ2) is 4.78. The molecule has 0 spiro atoms. The summed E-state index contributed by atoms with van der Waals surface area (Å²) in [5.74, 6) is 0.619. The molecule has 1 amide bonds. The highest BCUT2D eigenvalue weighted by Crippen LogP contribution is 2.28. The Balaban J connectivity index is 2.25. The minimum Gasteiger partial charge on any atom is -0.382 e. The van der Waals surface area contributed by atoms with E-state index in [4.69, 9.17) is 0 Å². The molecule has 2 N–H and O–H groups in total. The summed E-state index contributed by atoms with van der Waals surface area (Å²) in [6.07, 6.45) is 1.04. The van der Waals surface area contributed by atoms with Crippen molar-refractivity contribution in [3.8, 4) is 0 Å². The number of carbonyl (C=O) groups is 1. The topological polar surface area (TPSA) is 41.1 Å². The van der Waals surface area contributed by atoms with E-state index in [1.807, 2.05) is 25.1 Å². The highest BCUT2D eigenvalue weighted by molar-refractivity contribution is 5.94. The molecule has 0 aliphatic carbocycles. The van der Waals surface area contributed by atoms with Gasteiger partial charge in [-0.3, -0.25) is 4.79 Å². The zero-order valence-corrected chi connectivity index (χ0v) is 10.7. The van der Waals surface area contributed by atoms with Gasteiger partial charge in [0, 0.05) is 23.8 Å². The van der Waals surface area contributed by atoms with Crippen molar-refractivity contribution in [1.82, 2.24) is 5.32 Å². The normalized spacial score (nSPS) is 22.5. The first-order chi connectivity index (χ1) is 8.11. The summed E-state index contributed by atoms with van der Waals surface area (Å²) in [6.45, 7) is 7.04. The van der Waals surface area contributed by atoms with Crippen LogP contribution in [0.25, 0.3) is 0 Å². The summed E-state index contributed by atoms with van der Waals surface area (Å²) < 4.78 is 0. The van der Waals surface area contributed by atoms with Crippen LogP contribution in [0.1, 0.15) is 36.7 Å². The number of rotatable bonds is 2. The summed E-state index contributed by atoms with van der Waals surface area (Å²) in [4.78, 5) is 11.7. The van der Waals surface area contributed by atoms with Crippen LogP contribution < -0.4 is 10.6 Å². The van der Waals surface area contributed by atoms with Gasteiger partial charge in [0.25, 0.3) is 5.91 Å². The second-order valence-corrected chi connectivity index (χ2v) is 4.85. The summed E-state index contributed by atoms with van der Waals surface area (Å²) in [5.41, 5.74) is 3.18. The molecule has 2 unspecified atom stereocenters. The van der Waals surface area contributed by atoms with Crippen molar-refractivity contribution in [3.05, 3.63) is 29.3 Å². The second-order valence-electron chi connectivity index (χ2n) is 4.85. The fourth-order valence-electron chi connectivity index (χ4n) is 2.22. The predicted molar refractivity (Wildman–Crippen MR) is 70.4 cm³/mol. The smallest absolute Gasteiger partial charge is 0.251 e. The Labute approximate surface area is 103 Å². The standard InChI is InChI=1S/C14H20N2O/c1-4-15-14(17)11-5-6-13-12(8-11)7-9(2)10(3)16-13/h5-6,8-10,16H,4,7H2,1-3H3,(H,15,17). The summed E-state index contributed by atoms with van der Waals surface area (Å²) >= 11 is 0. The number of nitrogens with one attached hydrogen (secondary N) is 2. The van der Waals surface area contributed by atoms with E-state index in [9.17, 15) is 4.79 Å². The molecule has 92 valence electrons. The van der Waals surface area contributed by atoms with Crippen molar-refractivity contribution in [1.29, 1.82) is 0 Å². The Bertz CT molecular complexity index is 428. The number of hydrogen-bond donors (Lipinski definition) is 2. The summed E-state index contributed by atoms with van der Waals surface area (Å²) in [5, 5.41) is 6.31. The van der Waals surface area contributed by atoms with Crippen LogP contribution in [0.5, 0.6) is 0 Å². The van der Waals surface area contributed by atoms with Crippen molar-refractivity contribution in [3.63, 3.8) is 0 Å². The first-order valence-corrected chi connectivity index (χ1v) is 6.29. The fourth-order valence-corrected chi connectivity index (χ4v) is 2.22. The number of amides is 1. The highest BCUT2D eigenvalue weighted by Gasteiger charge is 2.21. The number of carbonyl (C=O) groups excluding carboxylic acids is 1. The van der Waals surface area contributed by atoms with E-state index in [1.165, 1.54) is 11.3 Å². The molecule has 0 saturated heterocycles. The number of anilines is 1. The predicted octanol–water partition coefficient (Wildman–Crippen LogP) is 2.43. The Kier molecular flexibility index (Phi) is 3.36. The number of hydrogen-bond acceptors (Lipinski definition) is 2. The monoisotopic (exact) mass is 232 g/mol. The average Bonchev–Trinajstić information content (AvgIpc) is 2.30.